The van der Waals surface area contributed by atoms with Gasteiger partial charge in [0.15, 0.2) is 0 Å². The first kappa shape index (κ1) is 10.7. The number of nitrogens with one attached hydrogen (secondary N) is 1. The maximum Gasteiger partial charge on any atom is 0.120 e. The lowest BCUT2D eigenvalue weighted by Crippen LogP contribution is -2.47. The minimum Gasteiger partial charge on any atom is -0.468 e. The molecule has 2 rings (SSSR count). The SMILES string of the molecule is CCC(NCC1(C)COC1)c1ccco1. The zero-order valence-corrected chi connectivity index (χ0v) is 9.45. The zero-order valence-electron chi connectivity index (χ0n) is 9.45. The highest BCUT2D eigenvalue weighted by Crippen LogP contribution is 2.27. The normalized spacial score (nSPS) is 20.9. The van der Waals surface area contributed by atoms with Crippen molar-refractivity contribution in [3.8, 4) is 0 Å². The van der Waals surface area contributed by atoms with Crippen molar-refractivity contribution in [3.05, 3.63) is 24.2 Å². The molecule has 1 aliphatic rings. The second-order valence-corrected chi connectivity index (χ2v) is 4.66. The van der Waals surface area contributed by atoms with Crippen LogP contribution in [0.5, 0.6) is 0 Å². The summed E-state index contributed by atoms with van der Waals surface area (Å²) in [6, 6.07) is 4.30. The van der Waals surface area contributed by atoms with E-state index in [-0.39, 0.29) is 0 Å². The number of rotatable bonds is 5. The van der Waals surface area contributed by atoms with E-state index >= 15 is 0 Å². The molecule has 1 aliphatic heterocycles. The average molecular weight is 209 g/mol. The van der Waals surface area contributed by atoms with Crippen LogP contribution >= 0.6 is 0 Å². The van der Waals surface area contributed by atoms with Gasteiger partial charge in [-0.2, -0.15) is 0 Å². The van der Waals surface area contributed by atoms with Crippen LogP contribution in [0.2, 0.25) is 0 Å². The van der Waals surface area contributed by atoms with Crippen molar-refractivity contribution in [3.63, 3.8) is 0 Å². The van der Waals surface area contributed by atoms with Crippen LogP contribution in [0.25, 0.3) is 0 Å². The second-order valence-electron chi connectivity index (χ2n) is 4.66. The van der Waals surface area contributed by atoms with Gasteiger partial charge in [-0.15, -0.1) is 0 Å². The van der Waals surface area contributed by atoms with Gasteiger partial charge in [-0.3, -0.25) is 0 Å². The van der Waals surface area contributed by atoms with E-state index < -0.39 is 0 Å². The van der Waals surface area contributed by atoms with Crippen molar-refractivity contribution in [2.75, 3.05) is 19.8 Å². The molecule has 0 spiro atoms. The molecule has 0 aliphatic carbocycles. The van der Waals surface area contributed by atoms with E-state index in [0.717, 1.165) is 31.9 Å². The first-order valence-corrected chi connectivity index (χ1v) is 5.58. The third-order valence-corrected chi connectivity index (χ3v) is 2.97. The Morgan fingerprint density at radius 2 is 2.33 bits per heavy atom. The van der Waals surface area contributed by atoms with Gasteiger partial charge in [-0.25, -0.2) is 0 Å². The fourth-order valence-electron chi connectivity index (χ4n) is 1.86. The molecule has 0 aromatic carbocycles. The predicted molar refractivity (Wildman–Crippen MR) is 58.7 cm³/mol. The van der Waals surface area contributed by atoms with E-state index in [4.69, 9.17) is 9.15 Å². The molecule has 1 atom stereocenters. The lowest BCUT2D eigenvalue weighted by Gasteiger charge is -2.39. The van der Waals surface area contributed by atoms with E-state index in [1.807, 2.05) is 12.1 Å². The first-order valence-electron chi connectivity index (χ1n) is 5.58. The van der Waals surface area contributed by atoms with Crippen LogP contribution in [0.3, 0.4) is 0 Å². The van der Waals surface area contributed by atoms with Gasteiger partial charge in [-0.05, 0) is 18.6 Å². The summed E-state index contributed by atoms with van der Waals surface area (Å²) in [4.78, 5) is 0. The Morgan fingerprint density at radius 1 is 1.53 bits per heavy atom. The van der Waals surface area contributed by atoms with Crippen molar-refractivity contribution in [2.45, 2.75) is 26.3 Å². The molecule has 3 nitrogen and oxygen atoms in total. The minimum absolute atomic E-state index is 0.319. The summed E-state index contributed by atoms with van der Waals surface area (Å²) >= 11 is 0. The smallest absolute Gasteiger partial charge is 0.120 e. The van der Waals surface area contributed by atoms with Gasteiger partial charge in [0.05, 0.1) is 25.5 Å². The molecule has 84 valence electrons. The Morgan fingerprint density at radius 3 is 2.80 bits per heavy atom. The van der Waals surface area contributed by atoms with Gasteiger partial charge in [0, 0.05) is 12.0 Å². The average Bonchev–Trinajstić information content (AvgIpc) is 2.69. The maximum atomic E-state index is 5.41. The highest BCUT2D eigenvalue weighted by atomic mass is 16.5. The van der Waals surface area contributed by atoms with Crippen LogP contribution in [0, 0.1) is 5.41 Å². The summed E-state index contributed by atoms with van der Waals surface area (Å²) in [5, 5.41) is 3.54. The van der Waals surface area contributed by atoms with Crippen LogP contribution in [0.1, 0.15) is 32.1 Å². The Balaban J connectivity index is 1.86. The van der Waals surface area contributed by atoms with Gasteiger partial charge in [-0.1, -0.05) is 13.8 Å². The van der Waals surface area contributed by atoms with Crippen LogP contribution in [0.4, 0.5) is 0 Å². The fourth-order valence-corrected chi connectivity index (χ4v) is 1.86. The minimum atomic E-state index is 0.319. The quantitative estimate of drug-likeness (QED) is 0.808. The standard InChI is InChI=1S/C12H19NO2/c1-3-10(11-5-4-6-15-11)13-7-12(2)8-14-9-12/h4-6,10,13H,3,7-9H2,1-2H3. The third kappa shape index (κ3) is 2.41. The molecular weight excluding hydrogens is 190 g/mol. The van der Waals surface area contributed by atoms with Gasteiger partial charge in [0.25, 0.3) is 0 Å². The van der Waals surface area contributed by atoms with Gasteiger partial charge in [0.2, 0.25) is 0 Å². The second kappa shape index (κ2) is 4.37. The van der Waals surface area contributed by atoms with E-state index in [1.54, 1.807) is 6.26 Å². The molecule has 1 N–H and O–H groups in total. The first-order chi connectivity index (χ1) is 7.23. The number of furan rings is 1. The number of hydrogen-bond donors (Lipinski definition) is 1. The molecule has 0 saturated carbocycles. The Labute approximate surface area is 90.8 Å². The molecule has 3 heteroatoms. The summed E-state index contributed by atoms with van der Waals surface area (Å²) < 4.78 is 10.6. The number of hydrogen-bond acceptors (Lipinski definition) is 3. The largest absolute Gasteiger partial charge is 0.468 e. The molecular formula is C12H19NO2. The lowest BCUT2D eigenvalue weighted by atomic mass is 9.88. The van der Waals surface area contributed by atoms with E-state index in [0.29, 0.717) is 11.5 Å². The Bertz CT molecular complexity index is 291. The van der Waals surface area contributed by atoms with E-state index in [1.165, 1.54) is 0 Å². The highest BCUT2D eigenvalue weighted by Gasteiger charge is 2.33. The van der Waals surface area contributed by atoms with Crippen molar-refractivity contribution in [1.82, 2.24) is 5.32 Å². The zero-order chi connectivity index (χ0) is 10.7. The van der Waals surface area contributed by atoms with Crippen LogP contribution in [-0.4, -0.2) is 19.8 Å². The molecule has 1 fully saturated rings. The molecule has 15 heavy (non-hydrogen) atoms. The van der Waals surface area contributed by atoms with Crippen molar-refractivity contribution in [1.29, 1.82) is 0 Å². The van der Waals surface area contributed by atoms with Crippen LogP contribution < -0.4 is 5.32 Å². The van der Waals surface area contributed by atoms with Crippen LogP contribution in [0.15, 0.2) is 22.8 Å². The summed E-state index contributed by atoms with van der Waals surface area (Å²) in [5.41, 5.74) is 0.319. The molecule has 1 unspecified atom stereocenters. The molecule has 1 saturated heterocycles. The van der Waals surface area contributed by atoms with Gasteiger partial charge in [0.1, 0.15) is 5.76 Å². The monoisotopic (exact) mass is 209 g/mol. The van der Waals surface area contributed by atoms with Gasteiger partial charge >= 0.3 is 0 Å². The highest BCUT2D eigenvalue weighted by molar-refractivity contribution is 5.04. The van der Waals surface area contributed by atoms with Crippen molar-refractivity contribution >= 4 is 0 Å². The van der Waals surface area contributed by atoms with E-state index in [9.17, 15) is 0 Å². The van der Waals surface area contributed by atoms with Crippen molar-refractivity contribution in [2.24, 2.45) is 5.41 Å². The molecule has 1 aromatic rings. The molecule has 0 radical (unpaired) electrons. The topological polar surface area (TPSA) is 34.4 Å². The summed E-state index contributed by atoms with van der Waals surface area (Å²) in [6.07, 6.45) is 2.78. The lowest BCUT2D eigenvalue weighted by molar-refractivity contribution is -0.100. The van der Waals surface area contributed by atoms with E-state index in [2.05, 4.69) is 19.2 Å². The Hall–Kier alpha value is -0.800. The maximum absolute atomic E-state index is 5.41. The summed E-state index contributed by atoms with van der Waals surface area (Å²) in [7, 11) is 0. The Kier molecular flexibility index (Phi) is 3.12. The summed E-state index contributed by atoms with van der Waals surface area (Å²) in [6.45, 7) is 7.15. The molecule has 0 bridgehead atoms. The predicted octanol–water partition coefficient (Wildman–Crippen LogP) is 2.36. The van der Waals surface area contributed by atoms with Gasteiger partial charge < -0.3 is 14.5 Å². The molecule has 2 heterocycles. The molecule has 0 amide bonds. The number of ether oxygens (including phenoxy) is 1. The summed E-state index contributed by atoms with van der Waals surface area (Å²) in [5.74, 6) is 1.03. The van der Waals surface area contributed by atoms with Crippen LogP contribution in [-0.2, 0) is 4.74 Å². The fraction of sp³-hybridized carbons (Fsp3) is 0.667. The van der Waals surface area contributed by atoms with Crippen molar-refractivity contribution < 1.29 is 9.15 Å². The third-order valence-electron chi connectivity index (χ3n) is 2.97. The molecule has 1 aromatic heterocycles.